The smallest absolute Gasteiger partial charge is 0.229 e. The molecule has 0 N–H and O–H groups in total. The van der Waals surface area contributed by atoms with Gasteiger partial charge in [-0.15, -0.1) is 0 Å². The fourth-order valence-corrected chi connectivity index (χ4v) is 4.79. The molecule has 2 aliphatic rings. The van der Waals surface area contributed by atoms with Crippen molar-refractivity contribution in [3.8, 4) is 5.75 Å². The second-order valence-corrected chi connectivity index (χ2v) is 8.78. The summed E-state index contributed by atoms with van der Waals surface area (Å²) in [6, 6.07) is 7.67. The Hall–Kier alpha value is -2.13. The molecule has 2 fully saturated rings. The van der Waals surface area contributed by atoms with E-state index in [1.165, 1.54) is 4.31 Å². The molecule has 2 heterocycles. The number of carbonyl (C=O) groups excluding carboxylic acids is 2. The summed E-state index contributed by atoms with van der Waals surface area (Å²) >= 11 is 0. The van der Waals surface area contributed by atoms with Gasteiger partial charge >= 0.3 is 0 Å². The summed E-state index contributed by atoms with van der Waals surface area (Å²) in [6.07, 6.45) is 1.17. The molecule has 2 aliphatic heterocycles. The van der Waals surface area contributed by atoms with Crippen LogP contribution in [0.25, 0.3) is 0 Å². The SMILES string of the molecule is COc1ccc(N2CCN(S(=O)(=O)CCN3C(=O)CCCC3=O)CC2)cc1. The first kappa shape index (κ1) is 19.6. The van der Waals surface area contributed by atoms with Gasteiger partial charge in [-0.3, -0.25) is 14.5 Å². The van der Waals surface area contributed by atoms with Crippen molar-refractivity contribution in [2.75, 3.05) is 50.5 Å². The molecular formula is C18H25N3O5S. The number of rotatable bonds is 6. The molecule has 3 rings (SSSR count). The number of carbonyl (C=O) groups is 2. The van der Waals surface area contributed by atoms with Crippen LogP contribution in [0.4, 0.5) is 5.69 Å². The Bertz CT molecular complexity index is 770. The molecule has 1 aromatic carbocycles. The summed E-state index contributed by atoms with van der Waals surface area (Å²) in [5.74, 6) is 0.0193. The fraction of sp³-hybridized carbons (Fsp3) is 0.556. The Kier molecular flexibility index (Phi) is 6.01. The van der Waals surface area contributed by atoms with Crippen molar-refractivity contribution in [3.05, 3.63) is 24.3 Å². The van der Waals surface area contributed by atoms with Gasteiger partial charge in [-0.1, -0.05) is 0 Å². The Morgan fingerprint density at radius 3 is 2.11 bits per heavy atom. The lowest BCUT2D eigenvalue weighted by Gasteiger charge is -2.35. The first-order valence-electron chi connectivity index (χ1n) is 9.11. The van der Waals surface area contributed by atoms with Gasteiger partial charge in [0.2, 0.25) is 21.8 Å². The fourth-order valence-electron chi connectivity index (χ4n) is 3.40. The first-order valence-corrected chi connectivity index (χ1v) is 10.7. The van der Waals surface area contributed by atoms with Gasteiger partial charge in [0.05, 0.1) is 12.9 Å². The number of methoxy groups -OCH3 is 1. The molecule has 0 radical (unpaired) electrons. The van der Waals surface area contributed by atoms with Crippen LogP contribution in [0.15, 0.2) is 24.3 Å². The van der Waals surface area contributed by atoms with Crippen LogP contribution in [0.5, 0.6) is 5.75 Å². The normalized spacial score (nSPS) is 19.4. The summed E-state index contributed by atoms with van der Waals surface area (Å²) in [6.45, 7) is 1.89. The van der Waals surface area contributed by atoms with Crippen LogP contribution >= 0.6 is 0 Å². The minimum Gasteiger partial charge on any atom is -0.497 e. The number of likely N-dealkylation sites (tertiary alicyclic amines) is 1. The van der Waals surface area contributed by atoms with Crippen molar-refractivity contribution >= 4 is 27.5 Å². The zero-order chi connectivity index (χ0) is 19.4. The van der Waals surface area contributed by atoms with Crippen LogP contribution in [0.2, 0.25) is 0 Å². The molecule has 0 spiro atoms. The molecule has 0 aliphatic carbocycles. The summed E-state index contributed by atoms with van der Waals surface area (Å²) in [5, 5.41) is 0. The molecule has 0 atom stereocenters. The third-order valence-electron chi connectivity index (χ3n) is 5.03. The van der Waals surface area contributed by atoms with E-state index in [1.54, 1.807) is 7.11 Å². The highest BCUT2D eigenvalue weighted by Crippen LogP contribution is 2.21. The van der Waals surface area contributed by atoms with E-state index in [0.717, 1.165) is 16.3 Å². The van der Waals surface area contributed by atoms with E-state index in [4.69, 9.17) is 4.74 Å². The van der Waals surface area contributed by atoms with Crippen LogP contribution in [-0.2, 0) is 19.6 Å². The van der Waals surface area contributed by atoms with Gasteiger partial charge < -0.3 is 9.64 Å². The third kappa shape index (κ3) is 4.59. The highest BCUT2D eigenvalue weighted by atomic mass is 32.2. The number of anilines is 1. The molecule has 9 heteroatoms. The second kappa shape index (κ2) is 8.26. The second-order valence-electron chi connectivity index (χ2n) is 6.69. The summed E-state index contributed by atoms with van der Waals surface area (Å²) < 4.78 is 31.8. The molecule has 27 heavy (non-hydrogen) atoms. The molecule has 8 nitrogen and oxygen atoms in total. The molecule has 0 bridgehead atoms. The average molecular weight is 395 g/mol. The van der Waals surface area contributed by atoms with Gasteiger partial charge in [0, 0.05) is 51.3 Å². The predicted octanol–water partition coefficient (Wildman–Crippen LogP) is 0.686. The summed E-state index contributed by atoms with van der Waals surface area (Å²) in [7, 11) is -1.89. The molecular weight excluding hydrogens is 370 g/mol. The Labute approximate surface area is 159 Å². The van der Waals surface area contributed by atoms with Gasteiger partial charge in [-0.05, 0) is 30.7 Å². The number of piperazine rings is 1. The standard InChI is InChI=1S/C18H25N3O5S/c1-26-16-7-5-15(6-8-16)19-9-11-20(12-10-19)27(24,25)14-13-21-17(22)3-2-4-18(21)23/h5-8H,2-4,9-14H2,1H3. The first-order chi connectivity index (χ1) is 12.9. The van der Waals surface area contributed by atoms with E-state index < -0.39 is 10.0 Å². The zero-order valence-corrected chi connectivity index (χ0v) is 16.3. The van der Waals surface area contributed by atoms with Crippen LogP contribution in [0.3, 0.4) is 0 Å². The number of imide groups is 1. The Morgan fingerprint density at radius 1 is 0.963 bits per heavy atom. The monoisotopic (exact) mass is 395 g/mol. The molecule has 0 aromatic heterocycles. The van der Waals surface area contributed by atoms with Crippen molar-refractivity contribution in [2.24, 2.45) is 0 Å². The van der Waals surface area contributed by atoms with Crippen molar-refractivity contribution in [3.63, 3.8) is 0 Å². The van der Waals surface area contributed by atoms with E-state index in [1.807, 2.05) is 24.3 Å². The molecule has 0 saturated carbocycles. The number of sulfonamides is 1. The van der Waals surface area contributed by atoms with Gasteiger partial charge in [-0.25, -0.2) is 8.42 Å². The van der Waals surface area contributed by atoms with Gasteiger partial charge in [0.15, 0.2) is 0 Å². The number of amides is 2. The van der Waals surface area contributed by atoms with E-state index in [9.17, 15) is 18.0 Å². The van der Waals surface area contributed by atoms with Gasteiger partial charge in [0.1, 0.15) is 5.75 Å². The topological polar surface area (TPSA) is 87.2 Å². The molecule has 1 aromatic rings. The van der Waals surface area contributed by atoms with Crippen molar-refractivity contribution < 1.29 is 22.7 Å². The summed E-state index contributed by atoms with van der Waals surface area (Å²) in [4.78, 5) is 26.9. The number of piperidine rings is 1. The third-order valence-corrected chi connectivity index (χ3v) is 6.88. The van der Waals surface area contributed by atoms with Crippen LogP contribution < -0.4 is 9.64 Å². The zero-order valence-electron chi connectivity index (χ0n) is 15.5. The molecule has 2 saturated heterocycles. The van der Waals surface area contributed by atoms with Gasteiger partial charge in [0.25, 0.3) is 0 Å². The van der Waals surface area contributed by atoms with E-state index >= 15 is 0 Å². The number of hydrogen-bond donors (Lipinski definition) is 0. The lowest BCUT2D eigenvalue weighted by molar-refractivity contribution is -0.147. The maximum atomic E-state index is 12.6. The van der Waals surface area contributed by atoms with E-state index in [-0.39, 0.29) is 24.1 Å². The van der Waals surface area contributed by atoms with Crippen molar-refractivity contribution in [1.82, 2.24) is 9.21 Å². The lowest BCUT2D eigenvalue weighted by Crippen LogP contribution is -2.51. The highest BCUT2D eigenvalue weighted by Gasteiger charge is 2.31. The van der Waals surface area contributed by atoms with Crippen LogP contribution in [0, 0.1) is 0 Å². The number of hydrogen-bond acceptors (Lipinski definition) is 6. The summed E-state index contributed by atoms with van der Waals surface area (Å²) in [5.41, 5.74) is 1.03. The maximum absolute atomic E-state index is 12.6. The van der Waals surface area contributed by atoms with Crippen molar-refractivity contribution in [2.45, 2.75) is 19.3 Å². The lowest BCUT2D eigenvalue weighted by atomic mass is 10.1. The van der Waals surface area contributed by atoms with Crippen molar-refractivity contribution in [1.29, 1.82) is 0 Å². The average Bonchev–Trinajstić information content (AvgIpc) is 2.68. The van der Waals surface area contributed by atoms with Gasteiger partial charge in [-0.2, -0.15) is 4.31 Å². The highest BCUT2D eigenvalue weighted by molar-refractivity contribution is 7.89. The number of nitrogens with zero attached hydrogens (tertiary/aromatic N) is 3. The van der Waals surface area contributed by atoms with Crippen LogP contribution in [-0.4, -0.2) is 75.0 Å². The minimum absolute atomic E-state index is 0.0569. The van der Waals surface area contributed by atoms with E-state index in [2.05, 4.69) is 4.90 Å². The minimum atomic E-state index is -3.51. The Morgan fingerprint density at radius 2 is 1.56 bits per heavy atom. The van der Waals surface area contributed by atoms with Crippen LogP contribution in [0.1, 0.15) is 19.3 Å². The quantitative estimate of drug-likeness (QED) is 0.659. The Balaban J connectivity index is 1.54. The molecule has 148 valence electrons. The maximum Gasteiger partial charge on any atom is 0.229 e. The molecule has 2 amide bonds. The molecule has 0 unspecified atom stereocenters. The number of benzene rings is 1. The predicted molar refractivity (Wildman–Crippen MR) is 101 cm³/mol. The number of ether oxygens (including phenoxy) is 1. The largest absolute Gasteiger partial charge is 0.497 e. The van der Waals surface area contributed by atoms with E-state index in [0.29, 0.717) is 45.4 Å².